The van der Waals surface area contributed by atoms with Gasteiger partial charge < -0.3 is 15.4 Å². The third-order valence-electron chi connectivity index (χ3n) is 3.98. The van der Waals surface area contributed by atoms with Crippen LogP contribution >= 0.6 is 0 Å². The van der Waals surface area contributed by atoms with Gasteiger partial charge in [0.2, 0.25) is 5.91 Å². The highest BCUT2D eigenvalue weighted by Gasteiger charge is 2.13. The molecule has 0 aliphatic heterocycles. The number of nitrogens with zero attached hydrogens (tertiary/aromatic N) is 1. The normalized spacial score (nSPS) is 12.3. The highest BCUT2D eigenvalue weighted by molar-refractivity contribution is 5.75. The molecule has 2 N–H and O–H groups in total. The summed E-state index contributed by atoms with van der Waals surface area (Å²) in [4.78, 5) is 13.8. The molecule has 0 saturated heterocycles. The quantitative estimate of drug-likeness (QED) is 0.803. The minimum atomic E-state index is 0.0979. The van der Waals surface area contributed by atoms with Crippen LogP contribution in [-0.2, 0) is 4.79 Å². The summed E-state index contributed by atoms with van der Waals surface area (Å²) < 4.78 is 5.70. The second-order valence-electron chi connectivity index (χ2n) is 6.38. The lowest BCUT2D eigenvalue weighted by Crippen LogP contribution is -2.35. The van der Waals surface area contributed by atoms with E-state index in [1.54, 1.807) is 4.90 Å². The number of nitrogens with two attached hydrogens (primary N) is 1. The van der Waals surface area contributed by atoms with Gasteiger partial charge in [-0.2, -0.15) is 0 Å². The number of amides is 1. The van der Waals surface area contributed by atoms with Crippen LogP contribution in [0.1, 0.15) is 37.8 Å². The Morgan fingerprint density at radius 3 is 2.59 bits per heavy atom. The zero-order chi connectivity index (χ0) is 16.7. The maximum atomic E-state index is 12.1. The SMILES string of the molecule is Cc1ccc(OCCC(=O)N(C)CCC(N)C(C)C)c(C)c1. The highest BCUT2D eigenvalue weighted by atomic mass is 16.5. The number of carbonyl (C=O) groups is 1. The summed E-state index contributed by atoms with van der Waals surface area (Å²) in [5.74, 6) is 1.39. The lowest BCUT2D eigenvalue weighted by atomic mass is 10.0. The average Bonchev–Trinajstić information content (AvgIpc) is 2.46. The second-order valence-corrected chi connectivity index (χ2v) is 6.38. The maximum Gasteiger partial charge on any atom is 0.225 e. The van der Waals surface area contributed by atoms with Gasteiger partial charge in [-0.05, 0) is 37.8 Å². The first kappa shape index (κ1) is 18.5. The molecule has 1 amide bonds. The van der Waals surface area contributed by atoms with Crippen LogP contribution in [0.15, 0.2) is 18.2 Å². The number of aryl methyl sites for hydroxylation is 2. The number of ether oxygens (including phenoxy) is 1. The molecule has 1 rings (SSSR count). The summed E-state index contributed by atoms with van der Waals surface area (Å²) in [6.07, 6.45) is 1.22. The summed E-state index contributed by atoms with van der Waals surface area (Å²) in [6.45, 7) is 9.38. The van der Waals surface area contributed by atoms with Gasteiger partial charge in [0.05, 0.1) is 13.0 Å². The van der Waals surface area contributed by atoms with E-state index >= 15 is 0 Å². The third-order valence-corrected chi connectivity index (χ3v) is 3.98. The molecule has 22 heavy (non-hydrogen) atoms. The first-order valence-electron chi connectivity index (χ1n) is 8.01. The first-order chi connectivity index (χ1) is 10.3. The standard InChI is InChI=1S/C18H30N2O2/c1-13(2)16(19)8-10-20(5)18(21)9-11-22-17-7-6-14(3)12-15(17)4/h6-7,12-13,16H,8-11,19H2,1-5H3. The first-order valence-corrected chi connectivity index (χ1v) is 8.01. The topological polar surface area (TPSA) is 55.6 Å². The van der Waals surface area contributed by atoms with Gasteiger partial charge in [-0.25, -0.2) is 0 Å². The van der Waals surface area contributed by atoms with Crippen molar-refractivity contribution < 1.29 is 9.53 Å². The molecule has 4 nitrogen and oxygen atoms in total. The molecule has 4 heteroatoms. The van der Waals surface area contributed by atoms with E-state index < -0.39 is 0 Å². The fraction of sp³-hybridized carbons (Fsp3) is 0.611. The van der Waals surface area contributed by atoms with Crippen molar-refractivity contribution in [3.63, 3.8) is 0 Å². The number of benzene rings is 1. The van der Waals surface area contributed by atoms with Crippen molar-refractivity contribution in [2.45, 2.75) is 46.6 Å². The van der Waals surface area contributed by atoms with Crippen molar-refractivity contribution in [1.29, 1.82) is 0 Å². The monoisotopic (exact) mass is 306 g/mol. The maximum absolute atomic E-state index is 12.1. The molecule has 0 radical (unpaired) electrons. The molecular formula is C18H30N2O2. The fourth-order valence-corrected chi connectivity index (χ4v) is 2.20. The minimum Gasteiger partial charge on any atom is -0.493 e. The Labute approximate surface area is 134 Å². The zero-order valence-electron chi connectivity index (χ0n) is 14.6. The van der Waals surface area contributed by atoms with E-state index in [2.05, 4.69) is 26.8 Å². The van der Waals surface area contributed by atoms with Crippen LogP contribution in [0.4, 0.5) is 0 Å². The van der Waals surface area contributed by atoms with Crippen LogP contribution in [0.5, 0.6) is 5.75 Å². The fourth-order valence-electron chi connectivity index (χ4n) is 2.20. The third kappa shape index (κ3) is 6.06. The van der Waals surface area contributed by atoms with Gasteiger partial charge >= 0.3 is 0 Å². The Bertz CT molecular complexity index is 486. The predicted molar refractivity (Wildman–Crippen MR) is 91.1 cm³/mol. The number of hydrogen-bond donors (Lipinski definition) is 1. The smallest absolute Gasteiger partial charge is 0.225 e. The molecule has 0 bridgehead atoms. The molecular weight excluding hydrogens is 276 g/mol. The van der Waals surface area contributed by atoms with Crippen molar-refractivity contribution in [3.05, 3.63) is 29.3 Å². The predicted octanol–water partition coefficient (Wildman–Crippen LogP) is 2.90. The summed E-state index contributed by atoms with van der Waals surface area (Å²) in [5.41, 5.74) is 8.32. The molecule has 0 spiro atoms. The Morgan fingerprint density at radius 2 is 2.00 bits per heavy atom. The Balaban J connectivity index is 2.33. The second kappa shape index (κ2) is 8.79. The van der Waals surface area contributed by atoms with Crippen LogP contribution in [-0.4, -0.2) is 37.0 Å². The largest absolute Gasteiger partial charge is 0.493 e. The molecule has 0 fully saturated rings. The number of carbonyl (C=O) groups excluding carboxylic acids is 1. The van der Waals surface area contributed by atoms with E-state index in [0.717, 1.165) is 17.7 Å². The van der Waals surface area contributed by atoms with Crippen LogP contribution in [0, 0.1) is 19.8 Å². The number of hydrogen-bond acceptors (Lipinski definition) is 3. The minimum absolute atomic E-state index is 0.0979. The lowest BCUT2D eigenvalue weighted by Gasteiger charge is -2.21. The molecule has 1 atom stereocenters. The van der Waals surface area contributed by atoms with Crippen molar-refractivity contribution in [1.82, 2.24) is 4.90 Å². The highest BCUT2D eigenvalue weighted by Crippen LogP contribution is 2.18. The average molecular weight is 306 g/mol. The van der Waals surface area contributed by atoms with Gasteiger partial charge in [0.1, 0.15) is 5.75 Å². The van der Waals surface area contributed by atoms with Gasteiger partial charge in [0, 0.05) is 19.6 Å². The molecule has 0 heterocycles. The van der Waals surface area contributed by atoms with Crippen LogP contribution in [0.2, 0.25) is 0 Å². The van der Waals surface area contributed by atoms with Gasteiger partial charge in [-0.1, -0.05) is 31.5 Å². The molecule has 0 aliphatic carbocycles. The summed E-state index contributed by atoms with van der Waals surface area (Å²) in [5, 5.41) is 0. The molecule has 1 unspecified atom stereocenters. The van der Waals surface area contributed by atoms with Crippen LogP contribution in [0.3, 0.4) is 0 Å². The molecule has 1 aromatic carbocycles. The Hall–Kier alpha value is -1.55. The summed E-state index contributed by atoms with van der Waals surface area (Å²) >= 11 is 0. The molecule has 124 valence electrons. The molecule has 0 saturated carbocycles. The van der Waals surface area contributed by atoms with Gasteiger partial charge in [-0.15, -0.1) is 0 Å². The van der Waals surface area contributed by atoms with Gasteiger partial charge in [-0.3, -0.25) is 4.79 Å². The Morgan fingerprint density at radius 1 is 1.32 bits per heavy atom. The van der Waals surface area contributed by atoms with E-state index in [-0.39, 0.29) is 11.9 Å². The van der Waals surface area contributed by atoms with Crippen LogP contribution in [0.25, 0.3) is 0 Å². The zero-order valence-corrected chi connectivity index (χ0v) is 14.6. The van der Waals surface area contributed by atoms with Crippen molar-refractivity contribution in [2.24, 2.45) is 11.7 Å². The van der Waals surface area contributed by atoms with E-state index in [9.17, 15) is 4.79 Å². The Kier molecular flexibility index (Phi) is 7.39. The molecule has 1 aromatic rings. The van der Waals surface area contributed by atoms with Crippen molar-refractivity contribution >= 4 is 5.91 Å². The van der Waals surface area contributed by atoms with Crippen LogP contribution < -0.4 is 10.5 Å². The molecule has 0 aliphatic rings. The van der Waals surface area contributed by atoms with Gasteiger partial charge in [0.25, 0.3) is 0 Å². The summed E-state index contributed by atoms with van der Waals surface area (Å²) in [6, 6.07) is 6.20. The van der Waals surface area contributed by atoms with Crippen molar-refractivity contribution in [3.8, 4) is 5.75 Å². The van der Waals surface area contributed by atoms with Gasteiger partial charge in [0.15, 0.2) is 0 Å². The van der Waals surface area contributed by atoms with E-state index in [1.165, 1.54) is 5.56 Å². The van der Waals surface area contributed by atoms with E-state index in [0.29, 0.717) is 25.5 Å². The lowest BCUT2D eigenvalue weighted by molar-refractivity contribution is -0.130. The van der Waals surface area contributed by atoms with E-state index in [1.807, 2.05) is 26.1 Å². The number of rotatable bonds is 8. The van der Waals surface area contributed by atoms with Crippen molar-refractivity contribution in [2.75, 3.05) is 20.2 Å². The molecule has 0 aromatic heterocycles. The van der Waals surface area contributed by atoms with E-state index in [4.69, 9.17) is 10.5 Å². The summed E-state index contributed by atoms with van der Waals surface area (Å²) in [7, 11) is 1.83.